The number of nitrogens with zero attached hydrogens (tertiary/aromatic N) is 1. The molecule has 2 unspecified atom stereocenters. The summed E-state index contributed by atoms with van der Waals surface area (Å²) >= 11 is 0. The Bertz CT molecular complexity index is 225. The van der Waals surface area contributed by atoms with Gasteiger partial charge in [-0.25, -0.2) is 0 Å². The largest absolute Gasteiger partial charge is 0.375 e. The molecule has 0 spiro atoms. The summed E-state index contributed by atoms with van der Waals surface area (Å²) in [5.41, 5.74) is 6.35. The van der Waals surface area contributed by atoms with Gasteiger partial charge in [0.15, 0.2) is 0 Å². The summed E-state index contributed by atoms with van der Waals surface area (Å²) in [5, 5.41) is 0. The fraction of sp³-hybridized carbons (Fsp3) is 1.00. The Hall–Kier alpha value is -0.120. The standard InChI is InChI=1S/C11H20N2O/c12-8-11(3-1-2-4-11)13-6-10-5-9(13)7-14-10/h9-10H,1-8,12H2. The molecule has 1 aliphatic carbocycles. The van der Waals surface area contributed by atoms with E-state index < -0.39 is 0 Å². The molecule has 14 heavy (non-hydrogen) atoms. The second kappa shape index (κ2) is 3.19. The van der Waals surface area contributed by atoms with Crippen LogP contribution in [0.3, 0.4) is 0 Å². The number of hydrogen-bond donors (Lipinski definition) is 1. The highest BCUT2D eigenvalue weighted by molar-refractivity contribution is 5.04. The quantitative estimate of drug-likeness (QED) is 0.707. The van der Waals surface area contributed by atoms with E-state index in [9.17, 15) is 0 Å². The predicted octanol–water partition coefficient (Wildman–Crippen LogP) is 0.731. The monoisotopic (exact) mass is 196 g/mol. The first-order chi connectivity index (χ1) is 6.84. The lowest BCUT2D eigenvalue weighted by atomic mass is 9.94. The zero-order valence-electron chi connectivity index (χ0n) is 8.74. The molecule has 2 heterocycles. The van der Waals surface area contributed by atoms with Crippen LogP contribution in [0.5, 0.6) is 0 Å². The van der Waals surface area contributed by atoms with Crippen LogP contribution in [-0.4, -0.2) is 42.3 Å². The van der Waals surface area contributed by atoms with Crippen LogP contribution in [0.4, 0.5) is 0 Å². The van der Waals surface area contributed by atoms with Gasteiger partial charge in [0.2, 0.25) is 0 Å². The molecule has 0 aromatic carbocycles. The first kappa shape index (κ1) is 9.13. The van der Waals surface area contributed by atoms with E-state index in [-0.39, 0.29) is 0 Å². The van der Waals surface area contributed by atoms with Crippen molar-refractivity contribution in [2.45, 2.75) is 49.8 Å². The number of ether oxygens (including phenoxy) is 1. The molecule has 3 nitrogen and oxygen atoms in total. The summed E-state index contributed by atoms with van der Waals surface area (Å²) in [6, 6.07) is 0.682. The Balaban J connectivity index is 1.80. The van der Waals surface area contributed by atoms with Gasteiger partial charge in [0, 0.05) is 24.7 Å². The second-order valence-corrected chi connectivity index (χ2v) is 5.13. The van der Waals surface area contributed by atoms with E-state index in [0.717, 1.165) is 19.7 Å². The molecule has 3 aliphatic rings. The molecule has 0 radical (unpaired) electrons. The SMILES string of the molecule is NCC1(N2CC3CC2CO3)CCCC1. The van der Waals surface area contributed by atoms with Gasteiger partial charge in [0.1, 0.15) is 0 Å². The van der Waals surface area contributed by atoms with Crippen LogP contribution in [0.15, 0.2) is 0 Å². The van der Waals surface area contributed by atoms with Gasteiger partial charge in [-0.1, -0.05) is 12.8 Å². The summed E-state index contributed by atoms with van der Waals surface area (Å²) < 4.78 is 5.65. The van der Waals surface area contributed by atoms with Crippen LogP contribution in [0.2, 0.25) is 0 Å². The summed E-state index contributed by atoms with van der Waals surface area (Å²) in [7, 11) is 0. The zero-order chi connectivity index (χ0) is 9.60. The van der Waals surface area contributed by atoms with Gasteiger partial charge in [-0.15, -0.1) is 0 Å². The van der Waals surface area contributed by atoms with Gasteiger partial charge >= 0.3 is 0 Å². The van der Waals surface area contributed by atoms with Crippen LogP contribution >= 0.6 is 0 Å². The lowest BCUT2D eigenvalue weighted by Gasteiger charge is -2.43. The number of fused-ring (bicyclic) bond motifs is 2. The molecule has 3 rings (SSSR count). The number of morpholine rings is 1. The second-order valence-electron chi connectivity index (χ2n) is 5.13. The highest BCUT2D eigenvalue weighted by Crippen LogP contribution is 2.41. The molecule has 80 valence electrons. The van der Waals surface area contributed by atoms with Gasteiger partial charge in [-0.05, 0) is 19.3 Å². The lowest BCUT2D eigenvalue weighted by molar-refractivity contribution is -0.0211. The maximum absolute atomic E-state index is 6.00. The van der Waals surface area contributed by atoms with E-state index in [1.54, 1.807) is 0 Å². The van der Waals surface area contributed by atoms with Crippen LogP contribution in [0, 0.1) is 0 Å². The van der Waals surface area contributed by atoms with Crippen molar-refractivity contribution in [2.24, 2.45) is 5.73 Å². The first-order valence-electron chi connectivity index (χ1n) is 5.92. The van der Waals surface area contributed by atoms with Crippen molar-refractivity contribution in [1.29, 1.82) is 0 Å². The van der Waals surface area contributed by atoms with Crippen LogP contribution in [0.1, 0.15) is 32.1 Å². The highest BCUT2D eigenvalue weighted by atomic mass is 16.5. The first-order valence-corrected chi connectivity index (χ1v) is 5.92. The van der Waals surface area contributed by atoms with Gasteiger partial charge < -0.3 is 10.5 Å². The molecule has 2 aliphatic heterocycles. The molecule has 2 bridgehead atoms. The van der Waals surface area contributed by atoms with E-state index in [4.69, 9.17) is 10.5 Å². The average molecular weight is 196 g/mol. The molecule has 1 saturated carbocycles. The number of hydrogen-bond acceptors (Lipinski definition) is 3. The average Bonchev–Trinajstić information content (AvgIpc) is 2.94. The Morgan fingerprint density at radius 1 is 1.36 bits per heavy atom. The van der Waals surface area contributed by atoms with Crippen molar-refractivity contribution in [1.82, 2.24) is 4.90 Å². The maximum atomic E-state index is 6.00. The van der Waals surface area contributed by atoms with Crippen LogP contribution in [0.25, 0.3) is 0 Å². The molecular weight excluding hydrogens is 176 g/mol. The summed E-state index contributed by atoms with van der Waals surface area (Å²) in [4.78, 5) is 2.67. The van der Waals surface area contributed by atoms with Crippen molar-refractivity contribution in [2.75, 3.05) is 19.7 Å². The third-order valence-corrected chi connectivity index (χ3v) is 4.42. The molecule has 3 fully saturated rings. The van der Waals surface area contributed by atoms with Gasteiger partial charge in [0.05, 0.1) is 12.7 Å². The fourth-order valence-corrected chi connectivity index (χ4v) is 3.62. The normalized spacial score (nSPS) is 40.9. The van der Waals surface area contributed by atoms with Crippen LogP contribution < -0.4 is 5.73 Å². The maximum Gasteiger partial charge on any atom is 0.0718 e. The smallest absolute Gasteiger partial charge is 0.0718 e. The minimum atomic E-state index is 0.350. The van der Waals surface area contributed by atoms with E-state index >= 15 is 0 Å². The fourth-order valence-electron chi connectivity index (χ4n) is 3.62. The summed E-state index contributed by atoms with van der Waals surface area (Å²) in [6.07, 6.45) is 7.13. The zero-order valence-corrected chi connectivity index (χ0v) is 8.74. The highest BCUT2D eigenvalue weighted by Gasteiger charge is 2.49. The number of likely N-dealkylation sites (tertiary alicyclic amines) is 1. The van der Waals surface area contributed by atoms with Crippen molar-refractivity contribution in [3.8, 4) is 0 Å². The van der Waals surface area contributed by atoms with E-state index in [0.29, 0.717) is 17.7 Å². The topological polar surface area (TPSA) is 38.5 Å². The molecule has 2 atom stereocenters. The molecule has 2 N–H and O–H groups in total. The molecule has 2 saturated heterocycles. The van der Waals surface area contributed by atoms with Crippen molar-refractivity contribution in [3.05, 3.63) is 0 Å². The predicted molar refractivity (Wildman–Crippen MR) is 55.1 cm³/mol. The Labute approximate surface area is 85.6 Å². The Morgan fingerprint density at radius 3 is 2.64 bits per heavy atom. The Kier molecular flexibility index (Phi) is 2.08. The third kappa shape index (κ3) is 1.16. The third-order valence-electron chi connectivity index (χ3n) is 4.42. The molecule has 0 aromatic rings. The molecule has 3 heteroatoms. The van der Waals surface area contributed by atoms with Crippen molar-refractivity contribution in [3.63, 3.8) is 0 Å². The van der Waals surface area contributed by atoms with E-state index in [2.05, 4.69) is 4.90 Å². The number of rotatable bonds is 2. The van der Waals surface area contributed by atoms with Crippen molar-refractivity contribution < 1.29 is 4.74 Å². The van der Waals surface area contributed by atoms with Gasteiger partial charge in [-0.2, -0.15) is 0 Å². The number of nitrogens with two attached hydrogens (primary N) is 1. The van der Waals surface area contributed by atoms with Crippen molar-refractivity contribution >= 4 is 0 Å². The summed E-state index contributed by atoms with van der Waals surface area (Å²) in [6.45, 7) is 2.94. The summed E-state index contributed by atoms with van der Waals surface area (Å²) in [5.74, 6) is 0. The molecule has 0 aromatic heterocycles. The van der Waals surface area contributed by atoms with Gasteiger partial charge in [0.25, 0.3) is 0 Å². The van der Waals surface area contributed by atoms with Gasteiger partial charge in [-0.3, -0.25) is 4.90 Å². The van der Waals surface area contributed by atoms with E-state index in [1.807, 2.05) is 0 Å². The lowest BCUT2D eigenvalue weighted by Crippen LogP contribution is -2.56. The minimum absolute atomic E-state index is 0.350. The Morgan fingerprint density at radius 2 is 2.14 bits per heavy atom. The molecule has 0 amide bonds. The minimum Gasteiger partial charge on any atom is -0.375 e. The molecular formula is C11H20N2O. The van der Waals surface area contributed by atoms with E-state index in [1.165, 1.54) is 32.1 Å². The van der Waals surface area contributed by atoms with Crippen LogP contribution in [-0.2, 0) is 4.74 Å².